The van der Waals surface area contributed by atoms with Gasteiger partial charge in [-0.15, -0.1) is 0 Å². The van der Waals surface area contributed by atoms with Crippen molar-refractivity contribution in [3.8, 4) is 0 Å². The van der Waals surface area contributed by atoms with E-state index < -0.39 is 30.8 Å². The first-order valence-electron chi connectivity index (χ1n) is 5.43. The van der Waals surface area contributed by atoms with Gasteiger partial charge in [-0.2, -0.15) is 13.2 Å². The van der Waals surface area contributed by atoms with E-state index in [4.69, 9.17) is 0 Å². The van der Waals surface area contributed by atoms with Gasteiger partial charge in [-0.3, -0.25) is 4.79 Å². The summed E-state index contributed by atoms with van der Waals surface area (Å²) in [5, 5.41) is 14.2. The van der Waals surface area contributed by atoms with Gasteiger partial charge in [0.05, 0.1) is 18.7 Å². The summed E-state index contributed by atoms with van der Waals surface area (Å²) in [6.07, 6.45) is -4.34. The molecule has 0 aromatic rings. The molecule has 0 fully saturated rings. The maximum absolute atomic E-state index is 11.8. The van der Waals surface area contributed by atoms with Gasteiger partial charge in [0.15, 0.2) is 0 Å². The average molecular weight is 271 g/mol. The minimum Gasteiger partial charge on any atom is -0.387 e. The molecule has 0 radical (unpaired) electrons. The zero-order chi connectivity index (χ0) is 14.4. The van der Waals surface area contributed by atoms with Gasteiger partial charge in [0.2, 0.25) is 5.91 Å². The van der Waals surface area contributed by atoms with Crippen LogP contribution in [0.25, 0.3) is 0 Å². The first kappa shape index (κ1) is 17.1. The van der Waals surface area contributed by atoms with Gasteiger partial charge in [-0.25, -0.2) is 0 Å². The number of halogens is 3. The Bertz CT molecular complexity index is 268. The Balaban J connectivity index is 3.83. The lowest BCUT2D eigenvalue weighted by atomic mass is 10.1. The van der Waals surface area contributed by atoms with Crippen molar-refractivity contribution in [2.45, 2.75) is 18.7 Å². The molecular weight excluding hydrogens is 251 g/mol. The quantitative estimate of drug-likeness (QED) is 0.588. The van der Waals surface area contributed by atoms with Crippen LogP contribution in [0, 0.1) is 0 Å². The summed E-state index contributed by atoms with van der Waals surface area (Å²) < 4.78 is 35.4. The van der Waals surface area contributed by atoms with Crippen LogP contribution >= 0.6 is 0 Å². The predicted octanol–water partition coefficient (Wildman–Crippen LogP) is -0.433. The van der Waals surface area contributed by atoms with E-state index >= 15 is 0 Å². The molecule has 1 atom stereocenters. The second kappa shape index (κ2) is 6.91. The average Bonchev–Trinajstić information content (AvgIpc) is 2.10. The van der Waals surface area contributed by atoms with Crippen LogP contribution in [-0.2, 0) is 4.79 Å². The summed E-state index contributed by atoms with van der Waals surface area (Å²) >= 11 is 0. The smallest absolute Gasteiger partial charge is 0.387 e. The molecule has 0 saturated carbocycles. The molecule has 0 aromatic carbocycles. The monoisotopic (exact) mass is 271 g/mol. The summed E-state index contributed by atoms with van der Waals surface area (Å²) in [5.74, 6) is -0.585. The fraction of sp³-hybridized carbons (Fsp3) is 0.900. The summed E-state index contributed by atoms with van der Waals surface area (Å²) in [5.41, 5.74) is -1.12. The maximum atomic E-state index is 11.8. The second-order valence-electron chi connectivity index (χ2n) is 4.73. The van der Waals surface area contributed by atoms with Crippen molar-refractivity contribution in [2.75, 3.05) is 40.3 Å². The Morgan fingerprint density at radius 1 is 1.28 bits per heavy atom. The molecule has 0 aromatic heterocycles. The summed E-state index contributed by atoms with van der Waals surface area (Å²) in [7, 11) is 3.53. The van der Waals surface area contributed by atoms with Crippen LogP contribution in [0.1, 0.15) is 6.92 Å². The molecule has 0 bridgehead atoms. The van der Waals surface area contributed by atoms with Crippen LogP contribution in [0.3, 0.4) is 0 Å². The molecule has 0 saturated heterocycles. The number of hydrogen-bond donors (Lipinski definition) is 3. The van der Waals surface area contributed by atoms with E-state index in [0.29, 0.717) is 6.54 Å². The number of carbonyl (C=O) groups is 1. The van der Waals surface area contributed by atoms with Crippen LogP contribution in [0.15, 0.2) is 0 Å². The Labute approximate surface area is 104 Å². The number of nitrogens with one attached hydrogen (secondary N) is 2. The van der Waals surface area contributed by atoms with Crippen LogP contribution in [-0.4, -0.2) is 68.0 Å². The maximum Gasteiger partial charge on any atom is 0.401 e. The van der Waals surface area contributed by atoms with Crippen molar-refractivity contribution < 1.29 is 23.1 Å². The van der Waals surface area contributed by atoms with Crippen molar-refractivity contribution >= 4 is 5.91 Å². The number of carbonyl (C=O) groups excluding carboxylic acids is 1. The van der Waals surface area contributed by atoms with Crippen LogP contribution in [0.2, 0.25) is 0 Å². The molecule has 0 aliphatic carbocycles. The fourth-order valence-electron chi connectivity index (χ4n) is 1.41. The van der Waals surface area contributed by atoms with E-state index in [1.165, 1.54) is 6.92 Å². The predicted molar refractivity (Wildman–Crippen MR) is 61.1 cm³/mol. The Hall–Kier alpha value is -0.860. The van der Waals surface area contributed by atoms with Crippen molar-refractivity contribution in [1.82, 2.24) is 15.5 Å². The fourth-order valence-corrected chi connectivity index (χ4v) is 1.41. The minimum absolute atomic E-state index is 0.0162. The first-order chi connectivity index (χ1) is 8.02. The molecule has 18 heavy (non-hydrogen) atoms. The van der Waals surface area contributed by atoms with Gasteiger partial charge >= 0.3 is 6.18 Å². The molecule has 3 N–H and O–H groups in total. The van der Waals surface area contributed by atoms with E-state index in [2.05, 4.69) is 5.32 Å². The summed E-state index contributed by atoms with van der Waals surface area (Å²) in [6, 6.07) is 0. The van der Waals surface area contributed by atoms with E-state index in [9.17, 15) is 23.1 Å². The third-order valence-electron chi connectivity index (χ3n) is 1.93. The lowest BCUT2D eigenvalue weighted by molar-refractivity contribution is -0.129. The van der Waals surface area contributed by atoms with E-state index in [0.717, 1.165) is 0 Å². The van der Waals surface area contributed by atoms with Crippen LogP contribution in [0.5, 0.6) is 0 Å². The number of aliphatic hydroxyl groups is 1. The van der Waals surface area contributed by atoms with Gasteiger partial charge in [0.25, 0.3) is 0 Å². The van der Waals surface area contributed by atoms with Crippen LogP contribution < -0.4 is 10.6 Å². The van der Waals surface area contributed by atoms with Gasteiger partial charge in [-0.05, 0) is 21.0 Å². The minimum atomic E-state index is -4.34. The van der Waals surface area contributed by atoms with Gasteiger partial charge in [-0.1, -0.05) is 0 Å². The summed E-state index contributed by atoms with van der Waals surface area (Å²) in [6.45, 7) is 0.212. The molecule has 1 amide bonds. The first-order valence-corrected chi connectivity index (χ1v) is 5.43. The van der Waals surface area contributed by atoms with Gasteiger partial charge < -0.3 is 20.6 Å². The van der Waals surface area contributed by atoms with Crippen molar-refractivity contribution in [1.29, 1.82) is 0 Å². The Morgan fingerprint density at radius 3 is 2.28 bits per heavy atom. The highest BCUT2D eigenvalue weighted by atomic mass is 19.4. The van der Waals surface area contributed by atoms with E-state index in [1.54, 1.807) is 19.0 Å². The number of alkyl halides is 3. The third kappa shape index (κ3) is 10.3. The molecule has 8 heteroatoms. The van der Waals surface area contributed by atoms with Crippen molar-refractivity contribution in [3.05, 3.63) is 0 Å². The lowest BCUT2D eigenvalue weighted by Gasteiger charge is -2.27. The van der Waals surface area contributed by atoms with Crippen molar-refractivity contribution in [2.24, 2.45) is 0 Å². The second-order valence-corrected chi connectivity index (χ2v) is 4.73. The summed E-state index contributed by atoms with van der Waals surface area (Å²) in [4.78, 5) is 12.9. The van der Waals surface area contributed by atoms with E-state index in [1.807, 2.05) is 5.32 Å². The number of nitrogens with zero attached hydrogens (tertiary/aromatic N) is 1. The zero-order valence-corrected chi connectivity index (χ0v) is 10.8. The van der Waals surface area contributed by atoms with Crippen molar-refractivity contribution in [3.63, 3.8) is 0 Å². The normalized spacial score (nSPS) is 15.6. The molecule has 1 unspecified atom stereocenters. The lowest BCUT2D eigenvalue weighted by Crippen LogP contribution is -2.49. The molecular formula is C10H20F3N3O2. The topological polar surface area (TPSA) is 64.6 Å². The van der Waals surface area contributed by atoms with E-state index in [-0.39, 0.29) is 6.54 Å². The molecule has 0 spiro atoms. The van der Waals surface area contributed by atoms with Crippen LogP contribution in [0.4, 0.5) is 13.2 Å². The number of likely N-dealkylation sites (N-methyl/N-ethyl adjacent to an activating group) is 1. The zero-order valence-electron chi connectivity index (χ0n) is 10.8. The highest BCUT2D eigenvalue weighted by molar-refractivity contribution is 5.78. The molecule has 0 aliphatic heterocycles. The standard InChI is InChI=1S/C10H20F3N3O2/c1-9(18,7-16(2)3)5-15-8(17)4-14-6-10(11,12)13/h14,18H,4-7H2,1-3H3,(H,15,17). The highest BCUT2D eigenvalue weighted by Gasteiger charge is 2.27. The number of rotatable bonds is 7. The molecule has 0 aliphatic rings. The number of hydrogen-bond acceptors (Lipinski definition) is 4. The SMILES string of the molecule is CN(C)CC(C)(O)CNC(=O)CNCC(F)(F)F. The molecule has 5 nitrogen and oxygen atoms in total. The number of amides is 1. The Morgan fingerprint density at radius 2 is 1.83 bits per heavy atom. The largest absolute Gasteiger partial charge is 0.401 e. The van der Waals surface area contributed by atoms with Gasteiger partial charge in [0.1, 0.15) is 0 Å². The molecule has 108 valence electrons. The highest BCUT2D eigenvalue weighted by Crippen LogP contribution is 2.11. The van der Waals surface area contributed by atoms with Gasteiger partial charge in [0, 0.05) is 13.1 Å². The Kier molecular flexibility index (Phi) is 6.58. The molecule has 0 rings (SSSR count). The third-order valence-corrected chi connectivity index (χ3v) is 1.93. The molecule has 0 heterocycles.